The second-order valence-electron chi connectivity index (χ2n) is 6.99. The van der Waals surface area contributed by atoms with E-state index in [0.29, 0.717) is 12.8 Å². The maximum absolute atomic E-state index is 12.1. The third-order valence-electron chi connectivity index (χ3n) is 4.57. The molecular formula is C20H32O5. The zero-order chi connectivity index (χ0) is 18.7. The summed E-state index contributed by atoms with van der Waals surface area (Å²) in [5.41, 5.74) is -0.751. The fourth-order valence-corrected chi connectivity index (χ4v) is 3.05. The van der Waals surface area contributed by atoms with Crippen molar-refractivity contribution in [1.29, 1.82) is 0 Å². The van der Waals surface area contributed by atoms with Crippen molar-refractivity contribution in [3.8, 4) is 11.8 Å². The molecule has 4 atom stereocenters. The van der Waals surface area contributed by atoms with Gasteiger partial charge in [-0.15, -0.1) is 5.92 Å². The van der Waals surface area contributed by atoms with Crippen LogP contribution in [0.1, 0.15) is 52.4 Å². The van der Waals surface area contributed by atoms with E-state index in [-0.39, 0.29) is 43.9 Å². The monoisotopic (exact) mass is 352 g/mol. The number of Topliss-reactive ketones (excluding diaryl/α,β-unsaturated/α-hetero) is 1. The fourth-order valence-electron chi connectivity index (χ4n) is 3.05. The first-order valence-electron chi connectivity index (χ1n) is 9.15. The molecule has 0 spiro atoms. The summed E-state index contributed by atoms with van der Waals surface area (Å²) < 4.78 is 5.06. The van der Waals surface area contributed by atoms with Crippen LogP contribution < -0.4 is 0 Å². The van der Waals surface area contributed by atoms with E-state index in [1.807, 2.05) is 19.1 Å². The van der Waals surface area contributed by atoms with Gasteiger partial charge in [-0.1, -0.05) is 37.8 Å². The summed E-state index contributed by atoms with van der Waals surface area (Å²) in [5, 5.41) is 29.1. The minimum Gasteiger partial charge on any atom is -0.394 e. The Hall–Kier alpha value is -1.19. The molecule has 5 nitrogen and oxygen atoms in total. The van der Waals surface area contributed by atoms with E-state index in [9.17, 15) is 15.0 Å². The average Bonchev–Trinajstić information content (AvgIpc) is 2.82. The summed E-state index contributed by atoms with van der Waals surface area (Å²) in [7, 11) is 0. The molecule has 0 heterocycles. The Morgan fingerprint density at radius 2 is 2.16 bits per heavy atom. The fraction of sp³-hybridized carbons (Fsp3) is 0.750. The van der Waals surface area contributed by atoms with Crippen LogP contribution >= 0.6 is 0 Å². The van der Waals surface area contributed by atoms with Gasteiger partial charge in [0.2, 0.25) is 0 Å². The summed E-state index contributed by atoms with van der Waals surface area (Å²) in [6, 6.07) is 0. The molecule has 1 unspecified atom stereocenters. The van der Waals surface area contributed by atoms with Crippen LogP contribution in [0.4, 0.5) is 0 Å². The number of carbonyl (C=O) groups excluding carboxylic acids is 1. The lowest BCUT2D eigenvalue weighted by molar-refractivity contribution is -0.121. The van der Waals surface area contributed by atoms with Crippen molar-refractivity contribution in [1.82, 2.24) is 0 Å². The van der Waals surface area contributed by atoms with E-state index in [0.717, 1.165) is 19.3 Å². The molecule has 0 radical (unpaired) electrons. The molecule has 142 valence electrons. The molecule has 0 aliphatic heterocycles. The van der Waals surface area contributed by atoms with Crippen LogP contribution in [-0.4, -0.2) is 52.6 Å². The van der Waals surface area contributed by atoms with Gasteiger partial charge in [-0.25, -0.2) is 0 Å². The Labute approximate surface area is 151 Å². The molecule has 0 aromatic carbocycles. The van der Waals surface area contributed by atoms with Crippen LogP contribution in [0.2, 0.25) is 0 Å². The van der Waals surface area contributed by atoms with Gasteiger partial charge in [-0.3, -0.25) is 4.79 Å². The third-order valence-corrected chi connectivity index (χ3v) is 4.57. The van der Waals surface area contributed by atoms with E-state index in [4.69, 9.17) is 9.84 Å². The molecule has 0 aromatic heterocycles. The second kappa shape index (κ2) is 11.4. The maximum atomic E-state index is 12.1. The number of hydrogen-bond acceptors (Lipinski definition) is 5. The van der Waals surface area contributed by atoms with Crippen molar-refractivity contribution >= 4 is 5.78 Å². The van der Waals surface area contributed by atoms with Crippen LogP contribution in [-0.2, 0) is 9.53 Å². The highest BCUT2D eigenvalue weighted by Crippen LogP contribution is 2.33. The Kier molecular flexibility index (Phi) is 9.99. The zero-order valence-electron chi connectivity index (χ0n) is 15.4. The average molecular weight is 352 g/mol. The quantitative estimate of drug-likeness (QED) is 0.317. The summed E-state index contributed by atoms with van der Waals surface area (Å²) in [6.07, 6.45) is 6.88. The third kappa shape index (κ3) is 8.15. The Balaban J connectivity index is 2.56. The van der Waals surface area contributed by atoms with Crippen LogP contribution in [0.15, 0.2) is 12.2 Å². The van der Waals surface area contributed by atoms with E-state index >= 15 is 0 Å². The van der Waals surface area contributed by atoms with Crippen LogP contribution in [0.5, 0.6) is 0 Å². The number of ketones is 1. The first-order valence-corrected chi connectivity index (χ1v) is 9.15. The minimum absolute atomic E-state index is 0.0328. The van der Waals surface area contributed by atoms with Crippen molar-refractivity contribution in [2.75, 3.05) is 19.8 Å². The molecule has 0 saturated heterocycles. The molecule has 1 saturated carbocycles. The summed E-state index contributed by atoms with van der Waals surface area (Å²) in [6.45, 7) is 4.35. The molecule has 0 aromatic rings. The largest absolute Gasteiger partial charge is 0.394 e. The minimum atomic E-state index is -0.751. The van der Waals surface area contributed by atoms with Gasteiger partial charge in [0.15, 0.2) is 0 Å². The normalized spacial score (nSPS) is 25.8. The highest BCUT2D eigenvalue weighted by atomic mass is 16.5. The van der Waals surface area contributed by atoms with E-state index < -0.39 is 11.7 Å². The van der Waals surface area contributed by atoms with Crippen LogP contribution in [0.25, 0.3) is 0 Å². The van der Waals surface area contributed by atoms with Crippen molar-refractivity contribution in [3.05, 3.63) is 12.2 Å². The number of ether oxygens (including phenoxy) is 1. The number of aliphatic hydroxyl groups excluding tert-OH is 2. The first-order chi connectivity index (χ1) is 11.9. The molecule has 1 aliphatic rings. The topological polar surface area (TPSA) is 87.0 Å². The maximum Gasteiger partial charge on any atom is 0.140 e. The van der Waals surface area contributed by atoms with Crippen LogP contribution in [0, 0.1) is 23.7 Å². The zero-order valence-corrected chi connectivity index (χ0v) is 15.4. The predicted molar refractivity (Wildman–Crippen MR) is 96.8 cm³/mol. The molecule has 1 fully saturated rings. The van der Waals surface area contributed by atoms with E-state index in [1.54, 1.807) is 0 Å². The number of carbonyl (C=O) groups is 1. The van der Waals surface area contributed by atoms with Gasteiger partial charge in [-0.2, -0.15) is 0 Å². The van der Waals surface area contributed by atoms with Crippen LogP contribution in [0.3, 0.4) is 0 Å². The Morgan fingerprint density at radius 3 is 2.84 bits per heavy atom. The van der Waals surface area contributed by atoms with Crippen molar-refractivity contribution in [2.45, 2.75) is 64.1 Å². The Morgan fingerprint density at radius 1 is 1.40 bits per heavy atom. The highest BCUT2D eigenvalue weighted by Gasteiger charge is 2.39. The van der Waals surface area contributed by atoms with Gasteiger partial charge in [0, 0.05) is 24.7 Å². The predicted octanol–water partition coefficient (Wildman–Crippen LogP) is 1.84. The molecular weight excluding hydrogens is 320 g/mol. The van der Waals surface area contributed by atoms with Gasteiger partial charge in [0.1, 0.15) is 12.4 Å². The number of hydrogen-bond donors (Lipinski definition) is 3. The molecule has 25 heavy (non-hydrogen) atoms. The molecule has 1 aliphatic carbocycles. The lowest BCUT2D eigenvalue weighted by Gasteiger charge is -2.22. The smallest absolute Gasteiger partial charge is 0.140 e. The van der Waals surface area contributed by atoms with Gasteiger partial charge < -0.3 is 20.1 Å². The summed E-state index contributed by atoms with van der Waals surface area (Å²) in [5.74, 6) is 5.23. The van der Waals surface area contributed by atoms with Gasteiger partial charge in [-0.05, 0) is 19.8 Å². The lowest BCUT2D eigenvalue weighted by Crippen LogP contribution is -2.23. The number of rotatable bonds is 10. The standard InChI is InChI=1S/C20H32O5/c1-3-4-10-20(2,24)11-7-9-17-16(18(22)15-19(17)23)8-5-6-13-25-14-12-21/h7,9,16-17,19,21,23-24H,3-4,8,10-15H2,1-2H3/b9-7+/t16-,17-,19-,20?/m0/s1. The molecule has 1 rings (SSSR count). The summed E-state index contributed by atoms with van der Waals surface area (Å²) >= 11 is 0. The lowest BCUT2D eigenvalue weighted by atomic mass is 9.89. The first kappa shape index (κ1) is 21.9. The van der Waals surface area contributed by atoms with Crippen molar-refractivity contribution < 1.29 is 24.9 Å². The van der Waals surface area contributed by atoms with E-state index in [1.165, 1.54) is 0 Å². The van der Waals surface area contributed by atoms with Crippen molar-refractivity contribution in [2.24, 2.45) is 11.8 Å². The van der Waals surface area contributed by atoms with Gasteiger partial charge in [0.25, 0.3) is 0 Å². The highest BCUT2D eigenvalue weighted by molar-refractivity contribution is 5.85. The van der Waals surface area contributed by atoms with Gasteiger partial charge in [0.05, 0.1) is 24.9 Å². The summed E-state index contributed by atoms with van der Waals surface area (Å²) in [4.78, 5) is 12.1. The molecule has 3 N–H and O–H groups in total. The SMILES string of the molecule is CCCCC(C)(O)C/C=C/[C@H]1[C@H](CC#CCOCCO)C(=O)C[C@@H]1O. The number of unbranched alkanes of at least 4 members (excludes halogenated alkanes) is 1. The number of aliphatic hydroxyl groups is 3. The molecule has 0 bridgehead atoms. The van der Waals surface area contributed by atoms with Crippen molar-refractivity contribution in [3.63, 3.8) is 0 Å². The Bertz CT molecular complexity index is 486. The molecule has 5 heteroatoms. The van der Waals surface area contributed by atoms with Gasteiger partial charge >= 0.3 is 0 Å². The van der Waals surface area contributed by atoms with E-state index in [2.05, 4.69) is 18.8 Å². The second-order valence-corrected chi connectivity index (χ2v) is 6.99. The molecule has 0 amide bonds.